The highest BCUT2D eigenvalue weighted by atomic mass is 16.4. The zero-order valence-corrected chi connectivity index (χ0v) is 5.63. The molecule has 0 bridgehead atoms. The summed E-state index contributed by atoms with van der Waals surface area (Å²) in [5.74, 6) is -0.978. The van der Waals surface area contributed by atoms with E-state index in [4.69, 9.17) is 0 Å². The van der Waals surface area contributed by atoms with E-state index in [9.17, 15) is 19.8 Å². The molecule has 0 spiro atoms. The maximum absolute atomic E-state index is 9.33. The first-order chi connectivity index (χ1) is 3.63. The topological polar surface area (TPSA) is 153 Å². The monoisotopic (exact) mass is 148 g/mol. The van der Waals surface area contributed by atoms with Crippen molar-refractivity contribution in [3.8, 4) is 11.8 Å². The lowest BCUT2D eigenvalue weighted by Gasteiger charge is -1.84. The van der Waals surface area contributed by atoms with Gasteiger partial charge in [-0.05, 0) is 11.8 Å². The van der Waals surface area contributed by atoms with Crippen molar-refractivity contribution in [3.05, 3.63) is 0 Å². The van der Waals surface area contributed by atoms with Crippen molar-refractivity contribution in [1.29, 1.82) is 0 Å². The van der Waals surface area contributed by atoms with Gasteiger partial charge >= 0.3 is 0 Å². The predicted octanol–water partition coefficient (Wildman–Crippen LogP) is -2.76. The van der Waals surface area contributed by atoms with Crippen molar-refractivity contribution in [2.24, 2.45) is 0 Å². The first-order valence-corrected chi connectivity index (χ1v) is 1.57. The summed E-state index contributed by atoms with van der Waals surface area (Å²) in [5.41, 5.74) is 0. The Kier molecular flexibility index (Phi) is 11.7. The van der Waals surface area contributed by atoms with Crippen LogP contribution in [0.4, 0.5) is 0 Å². The van der Waals surface area contributed by atoms with Crippen LogP contribution in [0.1, 0.15) is 0 Å². The summed E-state index contributed by atoms with van der Waals surface area (Å²) in [5, 5.41) is 18.7. The molecule has 0 aromatic rings. The number of carboxylic acids is 2. The molecule has 0 fully saturated rings. The average molecular weight is 148 g/mol. The van der Waals surface area contributed by atoms with E-state index in [1.54, 1.807) is 0 Å². The van der Waals surface area contributed by atoms with Gasteiger partial charge in [0.25, 0.3) is 0 Å². The summed E-state index contributed by atoms with van der Waals surface area (Å²) >= 11 is 0. The summed E-state index contributed by atoms with van der Waals surface area (Å²) in [7, 11) is 0. The van der Waals surface area contributed by atoms with Crippen LogP contribution in [0.15, 0.2) is 0 Å². The summed E-state index contributed by atoms with van der Waals surface area (Å²) in [6.45, 7) is 0. The van der Waals surface area contributed by atoms with Crippen LogP contribution in [0.5, 0.6) is 0 Å². The van der Waals surface area contributed by atoms with E-state index in [1.807, 2.05) is 0 Å². The van der Waals surface area contributed by atoms with Gasteiger partial charge in [0.1, 0.15) is 11.9 Å². The fraction of sp³-hybridized carbons (Fsp3) is 0. The Labute approximate surface area is 57.0 Å². The molecule has 0 unspecified atom stereocenters. The molecular weight excluding hydrogens is 140 g/mol. The molecule has 6 heteroatoms. The number of hydrogen-bond donors (Lipinski definition) is 2. The van der Waals surface area contributed by atoms with E-state index in [-0.39, 0.29) is 12.3 Å². The minimum Gasteiger partial charge on any atom is -0.537 e. The van der Waals surface area contributed by atoms with Gasteiger partial charge < -0.3 is 32.1 Å². The normalized spacial score (nSPS) is 5.20. The van der Waals surface area contributed by atoms with Crippen LogP contribution in [-0.4, -0.2) is 11.9 Å². The Balaban J connectivity index is -0.000000245. The average Bonchev–Trinajstić information content (AvgIpc) is 1.61. The second kappa shape index (κ2) is 7.42. The molecule has 0 heterocycles. The van der Waals surface area contributed by atoms with Gasteiger partial charge in [0, 0.05) is 0 Å². The number of quaternary nitrogens is 2. The van der Waals surface area contributed by atoms with Crippen LogP contribution in [0, 0.1) is 11.8 Å². The smallest absolute Gasteiger partial charge is 0.116 e. The zero-order valence-electron chi connectivity index (χ0n) is 5.63. The summed E-state index contributed by atoms with van der Waals surface area (Å²) in [6.07, 6.45) is 0. The summed E-state index contributed by atoms with van der Waals surface area (Å²) in [6, 6.07) is 0. The maximum atomic E-state index is 9.33. The van der Waals surface area contributed by atoms with Gasteiger partial charge in [-0.3, -0.25) is 0 Å². The fourth-order valence-electron chi connectivity index (χ4n) is 0.102. The van der Waals surface area contributed by atoms with E-state index in [2.05, 4.69) is 0 Å². The number of carboxylic acid groups (broad SMARTS) is 2. The van der Waals surface area contributed by atoms with E-state index in [1.165, 1.54) is 11.8 Å². The van der Waals surface area contributed by atoms with Crippen LogP contribution < -0.4 is 22.5 Å². The highest BCUT2D eigenvalue weighted by Crippen LogP contribution is 1.49. The van der Waals surface area contributed by atoms with Crippen molar-refractivity contribution in [2.75, 3.05) is 0 Å². The lowest BCUT2D eigenvalue weighted by molar-refractivity contribution is -0.299. The molecule has 0 saturated heterocycles. The van der Waals surface area contributed by atoms with Gasteiger partial charge in [0.2, 0.25) is 0 Å². The van der Waals surface area contributed by atoms with Gasteiger partial charge in [-0.1, -0.05) is 0 Å². The molecular formula is C4H8N2O4. The third kappa shape index (κ3) is 16.1. The van der Waals surface area contributed by atoms with E-state index in [0.29, 0.717) is 0 Å². The third-order valence-electron chi connectivity index (χ3n) is 0.267. The fourth-order valence-corrected chi connectivity index (χ4v) is 0.102. The Morgan fingerprint density at radius 3 is 1.20 bits per heavy atom. The van der Waals surface area contributed by atoms with Crippen LogP contribution in [0.2, 0.25) is 0 Å². The van der Waals surface area contributed by atoms with E-state index >= 15 is 0 Å². The van der Waals surface area contributed by atoms with Crippen molar-refractivity contribution >= 4 is 11.9 Å². The lowest BCUT2D eigenvalue weighted by atomic mass is 10.6. The molecule has 0 rings (SSSR count). The Morgan fingerprint density at radius 2 is 1.10 bits per heavy atom. The third-order valence-corrected chi connectivity index (χ3v) is 0.267. The van der Waals surface area contributed by atoms with Crippen LogP contribution in [0.25, 0.3) is 0 Å². The first-order valence-electron chi connectivity index (χ1n) is 1.57. The van der Waals surface area contributed by atoms with Crippen molar-refractivity contribution in [1.82, 2.24) is 12.3 Å². The highest BCUT2D eigenvalue weighted by molar-refractivity contribution is 5.94. The molecule has 8 N–H and O–H groups in total. The summed E-state index contributed by atoms with van der Waals surface area (Å²) < 4.78 is 0. The molecule has 0 radical (unpaired) electrons. The summed E-state index contributed by atoms with van der Waals surface area (Å²) in [4.78, 5) is 18.7. The number of carbonyl (C=O) groups is 2. The molecule has 10 heavy (non-hydrogen) atoms. The molecule has 0 atom stereocenters. The SMILES string of the molecule is O=C([O-])C#CC(=O)[O-].[NH4+].[NH4+]. The highest BCUT2D eigenvalue weighted by Gasteiger charge is 1.68. The van der Waals surface area contributed by atoms with Crippen LogP contribution in [0.3, 0.4) is 0 Å². The molecule has 0 aromatic carbocycles. The Hall–Kier alpha value is -1.58. The number of rotatable bonds is 0. The molecule has 0 aromatic heterocycles. The van der Waals surface area contributed by atoms with E-state index < -0.39 is 11.9 Å². The molecule has 0 amide bonds. The number of carbonyl (C=O) groups excluding carboxylic acids is 2. The van der Waals surface area contributed by atoms with E-state index in [0.717, 1.165) is 0 Å². The van der Waals surface area contributed by atoms with Crippen molar-refractivity contribution in [3.63, 3.8) is 0 Å². The molecule has 58 valence electrons. The molecule has 0 aliphatic carbocycles. The molecule has 0 aliphatic heterocycles. The Bertz CT molecular complexity index is 159. The number of aliphatic carboxylic acids is 2. The minimum atomic E-state index is -1.73. The van der Waals surface area contributed by atoms with Crippen molar-refractivity contribution in [2.45, 2.75) is 0 Å². The predicted molar refractivity (Wildman–Crippen MR) is 29.8 cm³/mol. The quantitative estimate of drug-likeness (QED) is 0.357. The van der Waals surface area contributed by atoms with Gasteiger partial charge in [0.05, 0.1) is 0 Å². The van der Waals surface area contributed by atoms with Crippen LogP contribution in [-0.2, 0) is 9.59 Å². The zero-order chi connectivity index (χ0) is 6.57. The molecule has 6 nitrogen and oxygen atoms in total. The largest absolute Gasteiger partial charge is 0.537 e. The van der Waals surface area contributed by atoms with Gasteiger partial charge in [-0.25, -0.2) is 0 Å². The Morgan fingerprint density at radius 1 is 0.900 bits per heavy atom. The van der Waals surface area contributed by atoms with Gasteiger partial charge in [-0.2, -0.15) is 0 Å². The standard InChI is InChI=1S/C4H2O4.2H3N/c5-3(6)1-2-4(7)8;;/h(H,5,6)(H,7,8);2*1H3. The van der Waals surface area contributed by atoms with Crippen molar-refractivity contribution < 1.29 is 19.8 Å². The molecule has 0 aliphatic rings. The number of hydrogen-bond acceptors (Lipinski definition) is 4. The molecule has 0 saturated carbocycles. The lowest BCUT2D eigenvalue weighted by Crippen LogP contribution is -2.23. The second-order valence-electron chi connectivity index (χ2n) is 0.825. The van der Waals surface area contributed by atoms with Crippen LogP contribution >= 0.6 is 0 Å². The second-order valence-corrected chi connectivity index (χ2v) is 0.825. The van der Waals surface area contributed by atoms with Gasteiger partial charge in [0.15, 0.2) is 0 Å². The first kappa shape index (κ1) is 15.8. The maximum Gasteiger partial charge on any atom is 0.116 e. The van der Waals surface area contributed by atoms with Gasteiger partial charge in [-0.15, -0.1) is 0 Å². The minimum absolute atomic E-state index is 0.